The standard InChI is InChI=1S/C32H29FN2O2/c1-23-22-30(28-14-8-9-15-29(28)34(23)32(37)25-17-19-26(33)20-18-25)35(27-12-6-3-7-13-27)31(36)21-16-24-10-4-2-5-11-24/h2-15,17-20,23,30H,16,21-22H2,1H3/t23-,30+/m1/s1. The van der Waals surface area contributed by atoms with Crippen LogP contribution in [0.15, 0.2) is 109 Å². The first-order valence-corrected chi connectivity index (χ1v) is 12.6. The Morgan fingerprint density at radius 3 is 2.16 bits per heavy atom. The second-order valence-corrected chi connectivity index (χ2v) is 9.43. The number of carbonyl (C=O) groups is 2. The van der Waals surface area contributed by atoms with Gasteiger partial charge < -0.3 is 9.80 Å². The van der Waals surface area contributed by atoms with E-state index in [0.29, 0.717) is 24.8 Å². The van der Waals surface area contributed by atoms with Crippen LogP contribution in [0.2, 0.25) is 0 Å². The maximum absolute atomic E-state index is 13.8. The minimum Gasteiger partial charge on any atom is -0.305 e. The summed E-state index contributed by atoms with van der Waals surface area (Å²) < 4.78 is 13.5. The summed E-state index contributed by atoms with van der Waals surface area (Å²) in [5.74, 6) is -0.517. The lowest BCUT2D eigenvalue weighted by Crippen LogP contribution is -2.47. The minimum atomic E-state index is -0.378. The molecule has 0 N–H and O–H groups in total. The molecule has 37 heavy (non-hydrogen) atoms. The van der Waals surface area contributed by atoms with Crippen molar-refractivity contribution in [2.24, 2.45) is 0 Å². The van der Waals surface area contributed by atoms with Crippen molar-refractivity contribution in [3.8, 4) is 0 Å². The van der Waals surface area contributed by atoms with Crippen LogP contribution in [0.4, 0.5) is 15.8 Å². The number of anilines is 2. The van der Waals surface area contributed by atoms with Crippen molar-refractivity contribution in [2.75, 3.05) is 9.80 Å². The smallest absolute Gasteiger partial charge is 0.258 e. The normalized spacial score (nSPS) is 16.6. The van der Waals surface area contributed by atoms with Gasteiger partial charge in [0, 0.05) is 29.4 Å². The first-order chi connectivity index (χ1) is 18.0. The second kappa shape index (κ2) is 10.8. The molecule has 0 aliphatic carbocycles. The highest BCUT2D eigenvalue weighted by atomic mass is 19.1. The summed E-state index contributed by atoms with van der Waals surface area (Å²) in [6.45, 7) is 2.00. The van der Waals surface area contributed by atoms with Gasteiger partial charge in [-0.25, -0.2) is 4.39 Å². The Bertz CT molecular complexity index is 1370. The molecular weight excluding hydrogens is 463 g/mol. The van der Waals surface area contributed by atoms with Gasteiger partial charge in [0.15, 0.2) is 0 Å². The molecule has 0 aromatic heterocycles. The van der Waals surface area contributed by atoms with E-state index in [0.717, 1.165) is 22.5 Å². The highest BCUT2D eigenvalue weighted by molar-refractivity contribution is 6.07. The summed E-state index contributed by atoms with van der Waals surface area (Å²) in [6, 6.07) is 32.8. The van der Waals surface area contributed by atoms with E-state index in [-0.39, 0.29) is 29.7 Å². The second-order valence-electron chi connectivity index (χ2n) is 9.43. The monoisotopic (exact) mass is 492 g/mol. The van der Waals surface area contributed by atoms with Gasteiger partial charge in [-0.05, 0) is 73.4 Å². The van der Waals surface area contributed by atoms with E-state index in [2.05, 4.69) is 0 Å². The van der Waals surface area contributed by atoms with E-state index < -0.39 is 0 Å². The van der Waals surface area contributed by atoms with Crippen LogP contribution < -0.4 is 9.80 Å². The predicted molar refractivity (Wildman–Crippen MR) is 145 cm³/mol. The van der Waals surface area contributed by atoms with E-state index in [1.54, 1.807) is 4.90 Å². The SMILES string of the molecule is C[C@@H]1C[C@H](N(C(=O)CCc2ccccc2)c2ccccc2)c2ccccc2N1C(=O)c1ccc(F)cc1. The fourth-order valence-corrected chi connectivity index (χ4v) is 5.17. The average molecular weight is 493 g/mol. The van der Waals surface area contributed by atoms with Gasteiger partial charge in [0.25, 0.3) is 5.91 Å². The molecule has 1 aliphatic rings. The zero-order valence-electron chi connectivity index (χ0n) is 20.8. The maximum Gasteiger partial charge on any atom is 0.258 e. The fourth-order valence-electron chi connectivity index (χ4n) is 5.17. The number of hydrogen-bond donors (Lipinski definition) is 0. The highest BCUT2D eigenvalue weighted by Gasteiger charge is 2.38. The third-order valence-electron chi connectivity index (χ3n) is 6.96. The molecule has 5 heteroatoms. The molecule has 0 bridgehead atoms. The molecule has 0 unspecified atom stereocenters. The number of carbonyl (C=O) groups excluding carboxylic acids is 2. The van der Waals surface area contributed by atoms with Crippen molar-refractivity contribution >= 4 is 23.2 Å². The molecule has 2 atom stereocenters. The lowest BCUT2D eigenvalue weighted by molar-refractivity contribution is -0.119. The van der Waals surface area contributed by atoms with Gasteiger partial charge in [0.05, 0.1) is 6.04 Å². The van der Waals surface area contributed by atoms with Crippen molar-refractivity contribution in [1.29, 1.82) is 0 Å². The number of nitrogens with zero attached hydrogens (tertiary/aromatic N) is 2. The van der Waals surface area contributed by atoms with Gasteiger partial charge in [-0.2, -0.15) is 0 Å². The van der Waals surface area contributed by atoms with E-state index >= 15 is 0 Å². The van der Waals surface area contributed by atoms with Crippen molar-refractivity contribution in [3.05, 3.63) is 132 Å². The molecule has 0 fully saturated rings. The summed E-state index contributed by atoms with van der Waals surface area (Å²) in [5.41, 5.74) is 4.09. The van der Waals surface area contributed by atoms with Gasteiger partial charge in [-0.1, -0.05) is 66.7 Å². The molecule has 0 radical (unpaired) electrons. The third-order valence-corrected chi connectivity index (χ3v) is 6.96. The highest BCUT2D eigenvalue weighted by Crippen LogP contribution is 2.43. The largest absolute Gasteiger partial charge is 0.305 e. The average Bonchev–Trinajstić information content (AvgIpc) is 2.93. The Hall–Kier alpha value is -4.25. The molecule has 0 spiro atoms. The van der Waals surface area contributed by atoms with Crippen LogP contribution in [-0.4, -0.2) is 17.9 Å². The zero-order valence-corrected chi connectivity index (χ0v) is 20.8. The minimum absolute atomic E-state index is 0.0420. The molecule has 0 saturated heterocycles. The van der Waals surface area contributed by atoms with Gasteiger partial charge >= 0.3 is 0 Å². The summed E-state index contributed by atoms with van der Waals surface area (Å²) >= 11 is 0. The van der Waals surface area contributed by atoms with Crippen LogP contribution in [0.25, 0.3) is 0 Å². The Morgan fingerprint density at radius 1 is 0.838 bits per heavy atom. The summed E-state index contributed by atoms with van der Waals surface area (Å²) in [6.07, 6.45) is 1.61. The predicted octanol–water partition coefficient (Wildman–Crippen LogP) is 6.97. The molecular formula is C32H29FN2O2. The van der Waals surface area contributed by atoms with Crippen molar-refractivity contribution in [2.45, 2.75) is 38.3 Å². The first-order valence-electron chi connectivity index (χ1n) is 12.6. The quantitative estimate of drug-likeness (QED) is 0.292. The summed E-state index contributed by atoms with van der Waals surface area (Å²) in [4.78, 5) is 31.0. The van der Waals surface area contributed by atoms with Crippen molar-refractivity contribution in [3.63, 3.8) is 0 Å². The summed E-state index contributed by atoms with van der Waals surface area (Å²) in [7, 11) is 0. The molecule has 4 aromatic rings. The number of amides is 2. The maximum atomic E-state index is 13.8. The van der Waals surface area contributed by atoms with Gasteiger partial charge in [0.1, 0.15) is 5.82 Å². The number of fused-ring (bicyclic) bond motifs is 1. The van der Waals surface area contributed by atoms with E-state index in [1.165, 1.54) is 24.3 Å². The Kier molecular flexibility index (Phi) is 7.13. The van der Waals surface area contributed by atoms with Gasteiger partial charge in [-0.3, -0.25) is 9.59 Å². The zero-order chi connectivity index (χ0) is 25.8. The molecule has 0 saturated carbocycles. The molecule has 4 nitrogen and oxygen atoms in total. The first kappa shape index (κ1) is 24.4. The number of aryl methyl sites for hydroxylation is 1. The Morgan fingerprint density at radius 2 is 1.46 bits per heavy atom. The van der Waals surface area contributed by atoms with Crippen LogP contribution >= 0.6 is 0 Å². The van der Waals surface area contributed by atoms with E-state index in [4.69, 9.17) is 0 Å². The Labute approximate surface area is 217 Å². The number of rotatable bonds is 6. The van der Waals surface area contributed by atoms with Crippen LogP contribution in [0.3, 0.4) is 0 Å². The molecule has 2 amide bonds. The van der Waals surface area contributed by atoms with Crippen molar-refractivity contribution in [1.82, 2.24) is 0 Å². The van der Waals surface area contributed by atoms with E-state index in [1.807, 2.05) is 96.8 Å². The molecule has 186 valence electrons. The number of hydrogen-bond acceptors (Lipinski definition) is 2. The molecule has 4 aromatic carbocycles. The Balaban J connectivity index is 1.50. The number of benzene rings is 4. The van der Waals surface area contributed by atoms with Crippen LogP contribution in [0, 0.1) is 5.82 Å². The van der Waals surface area contributed by atoms with Gasteiger partial charge in [0.2, 0.25) is 5.91 Å². The van der Waals surface area contributed by atoms with Crippen LogP contribution in [-0.2, 0) is 11.2 Å². The van der Waals surface area contributed by atoms with Crippen LogP contribution in [0.1, 0.15) is 47.3 Å². The lowest BCUT2D eigenvalue weighted by atomic mass is 9.89. The van der Waals surface area contributed by atoms with Crippen molar-refractivity contribution < 1.29 is 14.0 Å². The third kappa shape index (κ3) is 5.17. The van der Waals surface area contributed by atoms with Gasteiger partial charge in [-0.15, -0.1) is 0 Å². The molecule has 5 rings (SSSR count). The number of para-hydroxylation sites is 2. The lowest BCUT2D eigenvalue weighted by Gasteiger charge is -2.43. The number of halogens is 1. The summed E-state index contributed by atoms with van der Waals surface area (Å²) in [5, 5.41) is 0. The molecule has 1 heterocycles. The van der Waals surface area contributed by atoms with E-state index in [9.17, 15) is 14.0 Å². The molecule has 1 aliphatic heterocycles. The fraction of sp³-hybridized carbons (Fsp3) is 0.188. The van der Waals surface area contributed by atoms with Crippen LogP contribution in [0.5, 0.6) is 0 Å². The topological polar surface area (TPSA) is 40.6 Å².